The number of nitrogens with two attached hydrogens (primary N) is 1. The highest BCUT2D eigenvalue weighted by Gasteiger charge is 2.07. The van der Waals surface area contributed by atoms with Crippen LogP contribution < -0.4 is 11.1 Å². The number of hydrogen-bond acceptors (Lipinski definition) is 4. The van der Waals surface area contributed by atoms with E-state index in [1.165, 1.54) is 0 Å². The number of nitrogens with zero attached hydrogens (tertiary/aromatic N) is 2. The second-order valence-corrected chi connectivity index (χ2v) is 5.93. The number of halogens is 1. The van der Waals surface area contributed by atoms with Crippen LogP contribution in [0.15, 0.2) is 18.2 Å². The molecule has 1 aromatic rings. The third kappa shape index (κ3) is 7.32. The standard InChI is InChI=1S/C15H25ClN4O/c1-19(2)9-10-20(3)8-4-5-15(21)18-14-11-12(16)6-7-13(14)17/h6-7,11H,4-5,8-10,17H2,1-3H3,(H,18,21). The molecule has 21 heavy (non-hydrogen) atoms. The average molecular weight is 313 g/mol. The maximum atomic E-state index is 11.9. The lowest BCUT2D eigenvalue weighted by atomic mass is 10.2. The van der Waals surface area contributed by atoms with Crippen molar-refractivity contribution in [2.24, 2.45) is 0 Å². The lowest BCUT2D eigenvalue weighted by Gasteiger charge is -2.19. The summed E-state index contributed by atoms with van der Waals surface area (Å²) in [4.78, 5) is 16.3. The van der Waals surface area contributed by atoms with E-state index in [4.69, 9.17) is 17.3 Å². The zero-order chi connectivity index (χ0) is 15.8. The van der Waals surface area contributed by atoms with Crippen molar-refractivity contribution in [1.29, 1.82) is 0 Å². The molecule has 118 valence electrons. The molecule has 0 spiro atoms. The molecule has 1 rings (SSSR count). The topological polar surface area (TPSA) is 61.6 Å². The van der Waals surface area contributed by atoms with E-state index in [2.05, 4.69) is 36.3 Å². The number of anilines is 2. The van der Waals surface area contributed by atoms with Crippen LogP contribution in [-0.4, -0.2) is 56.5 Å². The van der Waals surface area contributed by atoms with Gasteiger partial charge < -0.3 is 20.9 Å². The van der Waals surface area contributed by atoms with E-state index in [1.807, 2.05) is 0 Å². The van der Waals surface area contributed by atoms with Crippen molar-refractivity contribution in [3.8, 4) is 0 Å². The van der Waals surface area contributed by atoms with Crippen LogP contribution in [0.3, 0.4) is 0 Å². The minimum atomic E-state index is -0.0371. The van der Waals surface area contributed by atoms with Gasteiger partial charge in [0.1, 0.15) is 0 Å². The molecule has 0 aliphatic carbocycles. The van der Waals surface area contributed by atoms with Gasteiger partial charge in [-0.15, -0.1) is 0 Å². The lowest BCUT2D eigenvalue weighted by molar-refractivity contribution is -0.116. The first-order valence-corrected chi connectivity index (χ1v) is 7.44. The molecular formula is C15H25ClN4O. The Morgan fingerprint density at radius 1 is 1.24 bits per heavy atom. The zero-order valence-corrected chi connectivity index (χ0v) is 13.8. The number of nitrogens with one attached hydrogen (secondary N) is 1. The number of hydrogen-bond donors (Lipinski definition) is 2. The van der Waals surface area contributed by atoms with E-state index in [9.17, 15) is 4.79 Å². The van der Waals surface area contributed by atoms with Crippen LogP contribution in [0.4, 0.5) is 11.4 Å². The molecule has 0 radical (unpaired) electrons. The molecule has 3 N–H and O–H groups in total. The Morgan fingerprint density at radius 3 is 2.62 bits per heavy atom. The van der Waals surface area contributed by atoms with Crippen molar-refractivity contribution in [2.75, 3.05) is 51.8 Å². The molecule has 0 saturated heterocycles. The maximum absolute atomic E-state index is 11.9. The first-order valence-electron chi connectivity index (χ1n) is 7.06. The van der Waals surface area contributed by atoms with Crippen LogP contribution in [0, 0.1) is 0 Å². The number of carbonyl (C=O) groups excluding carboxylic acids is 1. The van der Waals surface area contributed by atoms with Crippen LogP contribution in [0.1, 0.15) is 12.8 Å². The Morgan fingerprint density at radius 2 is 1.95 bits per heavy atom. The van der Waals surface area contributed by atoms with Crippen molar-refractivity contribution in [2.45, 2.75) is 12.8 Å². The molecule has 0 bridgehead atoms. The molecule has 0 fully saturated rings. The minimum Gasteiger partial charge on any atom is -0.397 e. The summed E-state index contributed by atoms with van der Waals surface area (Å²) in [5.74, 6) is -0.0371. The molecule has 0 atom stereocenters. The zero-order valence-electron chi connectivity index (χ0n) is 13.0. The minimum absolute atomic E-state index is 0.0371. The van der Waals surface area contributed by atoms with Crippen molar-refractivity contribution in [3.05, 3.63) is 23.2 Å². The normalized spacial score (nSPS) is 11.1. The number of likely N-dealkylation sites (N-methyl/N-ethyl adjacent to an activating group) is 2. The van der Waals surface area contributed by atoms with Crippen molar-refractivity contribution in [1.82, 2.24) is 9.80 Å². The predicted molar refractivity (Wildman–Crippen MR) is 89.8 cm³/mol. The summed E-state index contributed by atoms with van der Waals surface area (Å²) in [6, 6.07) is 5.05. The van der Waals surface area contributed by atoms with Gasteiger partial charge in [-0.25, -0.2) is 0 Å². The average Bonchev–Trinajstić information content (AvgIpc) is 2.40. The van der Waals surface area contributed by atoms with Gasteiger partial charge in [0, 0.05) is 24.5 Å². The Kier molecular flexibility index (Phi) is 7.50. The van der Waals surface area contributed by atoms with E-state index < -0.39 is 0 Å². The Balaban J connectivity index is 2.29. The van der Waals surface area contributed by atoms with Gasteiger partial charge in [0.05, 0.1) is 11.4 Å². The second-order valence-electron chi connectivity index (χ2n) is 5.49. The van der Waals surface area contributed by atoms with E-state index >= 15 is 0 Å². The summed E-state index contributed by atoms with van der Waals surface area (Å²) in [6.45, 7) is 2.91. The molecule has 0 aromatic heterocycles. The monoisotopic (exact) mass is 312 g/mol. The first-order chi connectivity index (χ1) is 9.88. The summed E-state index contributed by atoms with van der Waals surface area (Å²) in [6.07, 6.45) is 1.29. The van der Waals surface area contributed by atoms with E-state index in [0.717, 1.165) is 26.1 Å². The van der Waals surface area contributed by atoms with Gasteiger partial charge >= 0.3 is 0 Å². The fourth-order valence-electron chi connectivity index (χ4n) is 1.84. The lowest BCUT2D eigenvalue weighted by Crippen LogP contribution is -2.29. The third-order valence-corrected chi connectivity index (χ3v) is 3.40. The van der Waals surface area contributed by atoms with Crippen molar-refractivity contribution < 1.29 is 4.79 Å². The molecular weight excluding hydrogens is 288 g/mol. The van der Waals surface area contributed by atoms with Gasteiger partial charge in [0.15, 0.2) is 0 Å². The first kappa shape index (κ1) is 17.8. The smallest absolute Gasteiger partial charge is 0.224 e. The highest BCUT2D eigenvalue weighted by molar-refractivity contribution is 6.31. The highest BCUT2D eigenvalue weighted by Crippen LogP contribution is 2.23. The van der Waals surface area contributed by atoms with Gasteiger partial charge in [0.25, 0.3) is 0 Å². The van der Waals surface area contributed by atoms with Crippen LogP contribution in [0.2, 0.25) is 5.02 Å². The Labute approximate surface area is 132 Å². The third-order valence-electron chi connectivity index (χ3n) is 3.16. The van der Waals surface area contributed by atoms with Crippen LogP contribution in [-0.2, 0) is 4.79 Å². The quantitative estimate of drug-likeness (QED) is 0.722. The van der Waals surface area contributed by atoms with Gasteiger partial charge in [0.2, 0.25) is 5.91 Å². The van der Waals surface area contributed by atoms with Gasteiger partial charge in [-0.3, -0.25) is 4.79 Å². The van der Waals surface area contributed by atoms with Crippen LogP contribution in [0.5, 0.6) is 0 Å². The molecule has 0 aliphatic rings. The number of carbonyl (C=O) groups is 1. The number of amides is 1. The van der Waals surface area contributed by atoms with E-state index in [1.54, 1.807) is 18.2 Å². The van der Waals surface area contributed by atoms with Gasteiger partial charge in [-0.1, -0.05) is 11.6 Å². The fraction of sp³-hybridized carbons (Fsp3) is 0.533. The highest BCUT2D eigenvalue weighted by atomic mass is 35.5. The number of rotatable bonds is 8. The summed E-state index contributed by atoms with van der Waals surface area (Å²) in [7, 11) is 6.17. The Bertz CT molecular complexity index is 465. The molecule has 0 saturated carbocycles. The Hall–Kier alpha value is -1.30. The molecule has 0 unspecified atom stereocenters. The van der Waals surface area contributed by atoms with Gasteiger partial charge in [-0.05, 0) is 52.3 Å². The largest absolute Gasteiger partial charge is 0.397 e. The molecule has 5 nitrogen and oxygen atoms in total. The van der Waals surface area contributed by atoms with E-state index in [0.29, 0.717) is 22.8 Å². The SMILES string of the molecule is CN(C)CCN(C)CCCC(=O)Nc1cc(Cl)ccc1N. The van der Waals surface area contributed by atoms with Crippen molar-refractivity contribution in [3.63, 3.8) is 0 Å². The van der Waals surface area contributed by atoms with Crippen molar-refractivity contribution >= 4 is 28.9 Å². The van der Waals surface area contributed by atoms with Gasteiger partial charge in [-0.2, -0.15) is 0 Å². The fourth-order valence-corrected chi connectivity index (χ4v) is 2.01. The summed E-state index contributed by atoms with van der Waals surface area (Å²) < 4.78 is 0. The van der Waals surface area contributed by atoms with Crippen LogP contribution in [0.25, 0.3) is 0 Å². The number of nitrogen functional groups attached to an aromatic ring is 1. The molecule has 1 aromatic carbocycles. The summed E-state index contributed by atoms with van der Waals surface area (Å²) in [5, 5.41) is 3.36. The molecule has 0 heterocycles. The summed E-state index contributed by atoms with van der Waals surface area (Å²) in [5.41, 5.74) is 6.90. The van der Waals surface area contributed by atoms with Crippen LogP contribution >= 0.6 is 11.6 Å². The molecule has 6 heteroatoms. The second kappa shape index (κ2) is 8.87. The predicted octanol–water partition coefficient (Wildman–Crippen LogP) is 2.13. The molecule has 0 aliphatic heterocycles. The number of benzene rings is 1. The molecule has 1 amide bonds. The maximum Gasteiger partial charge on any atom is 0.224 e. The van der Waals surface area contributed by atoms with E-state index in [-0.39, 0.29) is 5.91 Å². The summed E-state index contributed by atoms with van der Waals surface area (Å²) >= 11 is 5.89.